The number of hydrogen-bond donors (Lipinski definition) is 2. The Morgan fingerprint density at radius 1 is 1.27 bits per heavy atom. The van der Waals surface area contributed by atoms with Crippen molar-refractivity contribution in [1.82, 2.24) is 4.98 Å². The van der Waals surface area contributed by atoms with Crippen LogP contribution in [0.5, 0.6) is 0 Å². The van der Waals surface area contributed by atoms with Crippen molar-refractivity contribution in [3.63, 3.8) is 0 Å². The van der Waals surface area contributed by atoms with E-state index in [0.29, 0.717) is 10.2 Å². The van der Waals surface area contributed by atoms with E-state index >= 15 is 0 Å². The lowest BCUT2D eigenvalue weighted by molar-refractivity contribution is 0.0703. The molecule has 0 saturated carbocycles. The van der Waals surface area contributed by atoms with Crippen LogP contribution in [-0.4, -0.2) is 16.1 Å². The van der Waals surface area contributed by atoms with Gasteiger partial charge in [0.15, 0.2) is 0 Å². The number of rotatable bonds is 3. The van der Waals surface area contributed by atoms with Gasteiger partial charge in [-0.25, -0.2) is 9.78 Å². The Bertz CT molecular complexity index is 883. The average Bonchev–Trinajstić information content (AvgIpc) is 2.83. The number of aryl methyl sites for hydroxylation is 1. The second kappa shape index (κ2) is 5.61. The molecule has 0 bridgehead atoms. The van der Waals surface area contributed by atoms with Crippen LogP contribution < -0.4 is 5.73 Å². The molecule has 22 heavy (non-hydrogen) atoms. The van der Waals surface area contributed by atoms with Crippen molar-refractivity contribution in [3.8, 4) is 0 Å². The Morgan fingerprint density at radius 2 is 2.00 bits per heavy atom. The minimum Gasteiger partial charge on any atom is -0.477 e. The van der Waals surface area contributed by atoms with Crippen LogP contribution in [0.2, 0.25) is 0 Å². The lowest BCUT2D eigenvalue weighted by Gasteiger charge is -2.01. The molecule has 3 N–H and O–H groups in total. The van der Waals surface area contributed by atoms with Crippen molar-refractivity contribution < 1.29 is 9.90 Å². The Hall–Kier alpha value is -2.66. The first-order valence-electron chi connectivity index (χ1n) is 6.72. The van der Waals surface area contributed by atoms with Gasteiger partial charge in [-0.2, -0.15) is 0 Å². The number of carboxylic acid groups (broad SMARTS) is 1. The number of pyridine rings is 1. The standard InChI is InChI=1S/C17H14N2O2S/c1-10-9-12(8-7-11-5-3-2-4-6-11)13-14(18)15(17(20)21)22-16(13)19-10/h2-9H,18H2,1H3,(H,20,21)/b8-7+. The minimum atomic E-state index is -1.02. The van der Waals surface area contributed by atoms with Crippen LogP contribution in [-0.2, 0) is 0 Å². The van der Waals surface area contributed by atoms with E-state index in [1.54, 1.807) is 0 Å². The third kappa shape index (κ3) is 2.58. The van der Waals surface area contributed by atoms with Crippen LogP contribution in [0.25, 0.3) is 22.4 Å². The van der Waals surface area contributed by atoms with Gasteiger partial charge in [0.1, 0.15) is 9.71 Å². The summed E-state index contributed by atoms with van der Waals surface area (Å²) in [6.07, 6.45) is 3.92. The summed E-state index contributed by atoms with van der Waals surface area (Å²) in [6, 6.07) is 11.8. The predicted octanol–water partition coefficient (Wildman–Crippen LogP) is 4.06. The molecular weight excluding hydrogens is 296 g/mol. The van der Waals surface area contributed by atoms with E-state index in [2.05, 4.69) is 4.98 Å². The highest BCUT2D eigenvalue weighted by atomic mass is 32.1. The van der Waals surface area contributed by atoms with Crippen molar-refractivity contribution in [2.45, 2.75) is 6.92 Å². The smallest absolute Gasteiger partial charge is 0.348 e. The van der Waals surface area contributed by atoms with E-state index < -0.39 is 5.97 Å². The van der Waals surface area contributed by atoms with Crippen LogP contribution in [0.4, 0.5) is 5.69 Å². The van der Waals surface area contributed by atoms with Gasteiger partial charge in [-0.05, 0) is 24.1 Å². The van der Waals surface area contributed by atoms with E-state index in [4.69, 9.17) is 5.73 Å². The highest BCUT2D eigenvalue weighted by Gasteiger charge is 2.18. The molecule has 0 aliphatic rings. The molecule has 0 unspecified atom stereocenters. The average molecular weight is 310 g/mol. The van der Waals surface area contributed by atoms with Gasteiger partial charge in [0.05, 0.1) is 5.69 Å². The van der Waals surface area contributed by atoms with Gasteiger partial charge in [-0.1, -0.05) is 42.5 Å². The van der Waals surface area contributed by atoms with Crippen molar-refractivity contribution in [3.05, 3.63) is 58.1 Å². The summed E-state index contributed by atoms with van der Waals surface area (Å²) in [5.41, 5.74) is 9.08. The predicted molar refractivity (Wildman–Crippen MR) is 91.1 cm³/mol. The summed E-state index contributed by atoms with van der Waals surface area (Å²) < 4.78 is 0. The number of hydrogen-bond acceptors (Lipinski definition) is 4. The van der Waals surface area contributed by atoms with Gasteiger partial charge in [-0.3, -0.25) is 0 Å². The summed E-state index contributed by atoms with van der Waals surface area (Å²) >= 11 is 1.11. The molecule has 1 aromatic carbocycles. The molecule has 0 spiro atoms. The maximum atomic E-state index is 11.3. The zero-order chi connectivity index (χ0) is 15.7. The molecular formula is C17H14N2O2S. The minimum absolute atomic E-state index is 0.141. The lowest BCUT2D eigenvalue weighted by Crippen LogP contribution is -1.97. The topological polar surface area (TPSA) is 76.2 Å². The molecule has 5 heteroatoms. The zero-order valence-electron chi connectivity index (χ0n) is 11.9. The van der Waals surface area contributed by atoms with Gasteiger partial charge >= 0.3 is 5.97 Å². The van der Waals surface area contributed by atoms with Crippen LogP contribution in [0.3, 0.4) is 0 Å². The fraction of sp³-hybridized carbons (Fsp3) is 0.0588. The number of anilines is 1. The van der Waals surface area contributed by atoms with Gasteiger partial charge in [0.25, 0.3) is 0 Å². The van der Waals surface area contributed by atoms with Crippen molar-refractivity contribution in [2.75, 3.05) is 5.73 Å². The van der Waals surface area contributed by atoms with Gasteiger partial charge in [0.2, 0.25) is 0 Å². The van der Waals surface area contributed by atoms with Crippen molar-refractivity contribution in [1.29, 1.82) is 0 Å². The van der Waals surface area contributed by atoms with Crippen molar-refractivity contribution >= 4 is 45.4 Å². The molecule has 0 radical (unpaired) electrons. The summed E-state index contributed by atoms with van der Waals surface area (Å²) in [6.45, 7) is 1.88. The van der Waals surface area contributed by atoms with E-state index in [9.17, 15) is 9.90 Å². The van der Waals surface area contributed by atoms with E-state index in [1.807, 2.05) is 55.5 Å². The summed E-state index contributed by atoms with van der Waals surface area (Å²) in [5.74, 6) is -1.02. The largest absolute Gasteiger partial charge is 0.477 e. The second-order valence-electron chi connectivity index (χ2n) is 4.93. The third-order valence-corrected chi connectivity index (χ3v) is 4.39. The number of fused-ring (bicyclic) bond motifs is 1. The first-order chi connectivity index (χ1) is 10.6. The Morgan fingerprint density at radius 3 is 2.68 bits per heavy atom. The van der Waals surface area contributed by atoms with E-state index in [-0.39, 0.29) is 10.6 Å². The number of aromatic nitrogens is 1. The normalized spacial score (nSPS) is 11.3. The molecule has 0 aliphatic heterocycles. The fourth-order valence-electron chi connectivity index (χ4n) is 2.32. The molecule has 0 saturated heterocycles. The van der Waals surface area contributed by atoms with Crippen LogP contribution in [0, 0.1) is 6.92 Å². The molecule has 3 aromatic rings. The number of nitrogens with zero attached hydrogens (tertiary/aromatic N) is 1. The highest BCUT2D eigenvalue weighted by Crippen LogP contribution is 2.36. The SMILES string of the molecule is Cc1cc(/C=C/c2ccccc2)c2c(N)c(C(=O)O)sc2n1. The number of benzene rings is 1. The van der Waals surface area contributed by atoms with Gasteiger partial charge in [-0.15, -0.1) is 11.3 Å². The number of nitrogens with two attached hydrogens (primary N) is 1. The van der Waals surface area contributed by atoms with Crippen molar-refractivity contribution in [2.24, 2.45) is 0 Å². The highest BCUT2D eigenvalue weighted by molar-refractivity contribution is 7.21. The molecule has 0 amide bonds. The number of aromatic carboxylic acids is 1. The number of thiophene rings is 1. The van der Waals surface area contributed by atoms with E-state index in [0.717, 1.165) is 28.2 Å². The quantitative estimate of drug-likeness (QED) is 0.765. The first kappa shape index (κ1) is 14.3. The fourth-order valence-corrected chi connectivity index (χ4v) is 3.33. The van der Waals surface area contributed by atoms with Crippen LogP contribution >= 0.6 is 11.3 Å². The monoisotopic (exact) mass is 310 g/mol. The summed E-state index contributed by atoms with van der Waals surface area (Å²) in [5, 5.41) is 9.93. The van der Waals surface area contributed by atoms with Crippen LogP contribution in [0.1, 0.15) is 26.5 Å². The molecule has 2 heterocycles. The van der Waals surface area contributed by atoms with Crippen LogP contribution in [0.15, 0.2) is 36.4 Å². The molecule has 2 aromatic heterocycles. The zero-order valence-corrected chi connectivity index (χ0v) is 12.7. The lowest BCUT2D eigenvalue weighted by atomic mass is 10.1. The Kier molecular flexibility index (Phi) is 3.65. The molecule has 0 atom stereocenters. The first-order valence-corrected chi connectivity index (χ1v) is 7.54. The van der Waals surface area contributed by atoms with Gasteiger partial charge in [0, 0.05) is 11.1 Å². The van der Waals surface area contributed by atoms with Gasteiger partial charge < -0.3 is 10.8 Å². The van der Waals surface area contributed by atoms with E-state index in [1.165, 1.54) is 0 Å². The number of carboxylic acids is 1. The molecule has 0 fully saturated rings. The number of nitrogen functional groups attached to an aromatic ring is 1. The Labute approximate surface area is 131 Å². The number of carbonyl (C=O) groups is 1. The molecule has 3 rings (SSSR count). The molecule has 110 valence electrons. The maximum absolute atomic E-state index is 11.3. The molecule has 0 aliphatic carbocycles. The third-order valence-electron chi connectivity index (χ3n) is 3.31. The summed E-state index contributed by atoms with van der Waals surface area (Å²) in [7, 11) is 0. The maximum Gasteiger partial charge on any atom is 0.348 e. The Balaban J connectivity index is 2.16. The second-order valence-corrected chi connectivity index (χ2v) is 5.93. The summed E-state index contributed by atoms with van der Waals surface area (Å²) in [4.78, 5) is 16.4. The molecule has 4 nitrogen and oxygen atoms in total.